The smallest absolute Gasteiger partial charge is 0.307 e. The topological polar surface area (TPSA) is 184 Å². The summed E-state index contributed by atoms with van der Waals surface area (Å²) in [4.78, 5) is 31.0. The van der Waals surface area contributed by atoms with Gasteiger partial charge in [-0.3, -0.25) is 9.59 Å². The number of methoxy groups -OCH3 is 2. The number of nitrogen functional groups attached to an aromatic ring is 1. The molecule has 6 aromatic rings. The molecule has 0 saturated carbocycles. The number of carboxylic acid groups (broad SMARTS) is 1. The molecule has 2 heterocycles. The van der Waals surface area contributed by atoms with Crippen LogP contribution >= 0.6 is 22.7 Å². The number of ether oxygens (including phenoxy) is 2. The monoisotopic (exact) mass is 716 g/mol. The Balaban J connectivity index is 0.000000189. The van der Waals surface area contributed by atoms with Crippen LogP contribution in [0.15, 0.2) is 108 Å². The average Bonchev–Trinajstić information content (AvgIpc) is 3.81. The predicted molar refractivity (Wildman–Crippen MR) is 199 cm³/mol. The number of carbonyl (C=O) groups is 2. The third-order valence-electron chi connectivity index (χ3n) is 6.93. The molecule has 0 fully saturated rings. The summed E-state index contributed by atoms with van der Waals surface area (Å²) in [5, 5.41) is 33.5. The summed E-state index contributed by atoms with van der Waals surface area (Å²) in [6, 6.07) is 32.8. The van der Waals surface area contributed by atoms with Crippen molar-refractivity contribution in [3.63, 3.8) is 0 Å². The summed E-state index contributed by atoms with van der Waals surface area (Å²) in [7, 11) is 3.27. The van der Waals surface area contributed by atoms with Gasteiger partial charge in [-0.2, -0.15) is 10.5 Å². The van der Waals surface area contributed by atoms with Gasteiger partial charge in [0.2, 0.25) is 5.91 Å². The highest BCUT2D eigenvalue weighted by Gasteiger charge is 2.09. The van der Waals surface area contributed by atoms with Gasteiger partial charge in [-0.25, -0.2) is 9.97 Å². The molecule has 0 unspecified atom stereocenters. The molecule has 1 amide bonds. The minimum absolute atomic E-state index is 0.00566. The Hall–Kier alpha value is -6.54. The van der Waals surface area contributed by atoms with Crippen LogP contribution in [0.4, 0.5) is 10.3 Å². The molecule has 0 bridgehead atoms. The number of nitrogens with zero attached hydrogens (tertiary/aromatic N) is 4. The van der Waals surface area contributed by atoms with E-state index in [-0.39, 0.29) is 18.7 Å². The summed E-state index contributed by atoms with van der Waals surface area (Å²) in [6.45, 7) is 0. The van der Waals surface area contributed by atoms with Crippen LogP contribution < -0.4 is 20.5 Å². The van der Waals surface area contributed by atoms with Crippen molar-refractivity contribution in [2.75, 3.05) is 25.3 Å². The molecular weight excluding hydrogens is 685 g/mol. The number of rotatable bonds is 9. The van der Waals surface area contributed by atoms with Crippen LogP contribution in [-0.2, 0) is 22.4 Å². The molecular formula is C38H32N6O5S2. The summed E-state index contributed by atoms with van der Waals surface area (Å²) < 4.78 is 10.2. The number of nitrogens with two attached hydrogens (primary N) is 1. The predicted octanol–water partition coefficient (Wildman–Crippen LogP) is 7.46. The summed E-state index contributed by atoms with van der Waals surface area (Å²) in [6.07, 6.45) is 0.245. The molecule has 4 aromatic carbocycles. The maximum Gasteiger partial charge on any atom is 0.307 e. The van der Waals surface area contributed by atoms with Crippen LogP contribution in [0.25, 0.3) is 22.5 Å². The second-order valence-corrected chi connectivity index (χ2v) is 12.2. The van der Waals surface area contributed by atoms with Crippen molar-refractivity contribution >= 4 is 44.8 Å². The van der Waals surface area contributed by atoms with Gasteiger partial charge in [0.1, 0.15) is 11.5 Å². The first-order valence-corrected chi connectivity index (χ1v) is 16.9. The fraction of sp³-hybridized carbons (Fsp3) is 0.105. The molecule has 6 rings (SSSR count). The van der Waals surface area contributed by atoms with Crippen LogP contribution in [0.1, 0.15) is 22.3 Å². The lowest BCUT2D eigenvalue weighted by atomic mass is 10.1. The van der Waals surface area contributed by atoms with Crippen LogP contribution in [0.2, 0.25) is 0 Å². The van der Waals surface area contributed by atoms with E-state index < -0.39 is 5.97 Å². The van der Waals surface area contributed by atoms with Crippen LogP contribution in [0.5, 0.6) is 11.5 Å². The van der Waals surface area contributed by atoms with E-state index in [1.54, 1.807) is 62.8 Å². The third kappa shape index (κ3) is 11.8. The lowest BCUT2D eigenvalue weighted by Gasteiger charge is -2.02. The Labute approximate surface area is 302 Å². The lowest BCUT2D eigenvalue weighted by molar-refractivity contribution is -0.136. The van der Waals surface area contributed by atoms with Crippen LogP contribution in [0, 0.1) is 22.7 Å². The first-order valence-electron chi connectivity index (χ1n) is 15.1. The van der Waals surface area contributed by atoms with Gasteiger partial charge in [0, 0.05) is 21.9 Å². The van der Waals surface area contributed by atoms with E-state index in [1.165, 1.54) is 22.7 Å². The highest BCUT2D eigenvalue weighted by atomic mass is 32.1. The maximum absolute atomic E-state index is 12.1. The van der Waals surface area contributed by atoms with Gasteiger partial charge in [-0.15, -0.1) is 22.7 Å². The fourth-order valence-electron chi connectivity index (χ4n) is 4.33. The van der Waals surface area contributed by atoms with Gasteiger partial charge in [0.25, 0.3) is 0 Å². The molecule has 0 aliphatic rings. The maximum atomic E-state index is 12.1. The largest absolute Gasteiger partial charge is 0.497 e. The van der Waals surface area contributed by atoms with E-state index >= 15 is 0 Å². The summed E-state index contributed by atoms with van der Waals surface area (Å²) >= 11 is 2.83. The van der Waals surface area contributed by atoms with Crippen LogP contribution in [-0.4, -0.2) is 41.2 Å². The molecule has 11 nitrogen and oxygen atoms in total. The molecule has 51 heavy (non-hydrogen) atoms. The summed E-state index contributed by atoms with van der Waals surface area (Å²) in [5.74, 6) is 0.631. The van der Waals surface area contributed by atoms with Crippen molar-refractivity contribution in [1.29, 1.82) is 10.5 Å². The highest BCUT2D eigenvalue weighted by Crippen LogP contribution is 2.27. The third-order valence-corrected chi connectivity index (χ3v) is 8.36. The Morgan fingerprint density at radius 2 is 1.16 bits per heavy atom. The number of aliphatic carboxylic acids is 1. The number of aromatic nitrogens is 2. The molecule has 2 aromatic heterocycles. The fourth-order valence-corrected chi connectivity index (χ4v) is 5.63. The number of thiazole rings is 2. The van der Waals surface area contributed by atoms with E-state index in [0.29, 0.717) is 27.0 Å². The molecule has 0 aliphatic carbocycles. The Morgan fingerprint density at radius 3 is 1.57 bits per heavy atom. The number of anilines is 2. The van der Waals surface area contributed by atoms with Gasteiger partial charge < -0.3 is 25.6 Å². The van der Waals surface area contributed by atoms with Crippen molar-refractivity contribution in [1.82, 2.24) is 9.97 Å². The van der Waals surface area contributed by atoms with Gasteiger partial charge in [0.05, 0.1) is 61.7 Å². The molecule has 0 radical (unpaired) electrons. The minimum atomic E-state index is -0.861. The number of carboxylic acids is 1. The van der Waals surface area contributed by atoms with Crippen molar-refractivity contribution in [3.8, 4) is 46.2 Å². The van der Waals surface area contributed by atoms with Crippen LogP contribution in [0.3, 0.4) is 0 Å². The number of nitriles is 2. The second-order valence-electron chi connectivity index (χ2n) is 10.5. The highest BCUT2D eigenvalue weighted by molar-refractivity contribution is 7.14. The second kappa shape index (κ2) is 18.9. The Bertz CT molecular complexity index is 2110. The van der Waals surface area contributed by atoms with E-state index in [1.807, 2.05) is 65.4 Å². The number of amides is 1. The van der Waals surface area contributed by atoms with Gasteiger partial charge in [0.15, 0.2) is 10.3 Å². The quantitative estimate of drug-likeness (QED) is 0.136. The number of nitrogens with one attached hydrogen (secondary N) is 1. The Kier molecular flexibility index (Phi) is 13.8. The normalized spacial score (nSPS) is 9.80. The molecule has 0 spiro atoms. The zero-order valence-electron chi connectivity index (χ0n) is 27.6. The standard InChI is InChI=1S/C19H15N3O2S.C10H10N2OS.C9H7NO2/c1-24-16-8-6-15(7-9-16)17-12-25-19(21-17)22-18(23)10-13-2-4-14(11-20)5-3-13;1-13-8-4-2-7(3-5-8)9-6-14-10(11)12-9;10-6-8-3-1-7(2-4-8)5-9(11)12/h2-9,12H,10H2,1H3,(H,21,22,23);2-6H,1H3,(H2,11,12);1-4H,5H2,(H,11,12). The lowest BCUT2D eigenvalue weighted by Crippen LogP contribution is -2.14. The van der Waals surface area contributed by atoms with E-state index in [0.717, 1.165) is 39.6 Å². The van der Waals surface area contributed by atoms with Gasteiger partial charge in [-0.1, -0.05) is 24.3 Å². The molecule has 13 heteroatoms. The molecule has 0 aliphatic heterocycles. The molecule has 0 saturated heterocycles. The number of carbonyl (C=O) groups excluding carboxylic acids is 1. The number of hydrogen-bond donors (Lipinski definition) is 3. The zero-order chi connectivity index (χ0) is 36.6. The molecule has 0 atom stereocenters. The Morgan fingerprint density at radius 1 is 0.706 bits per heavy atom. The van der Waals surface area contributed by atoms with Crippen molar-refractivity contribution in [3.05, 3.63) is 130 Å². The zero-order valence-corrected chi connectivity index (χ0v) is 29.2. The first kappa shape index (κ1) is 37.3. The van der Waals surface area contributed by atoms with Crippen molar-refractivity contribution in [2.45, 2.75) is 12.8 Å². The number of benzene rings is 4. The number of hydrogen-bond acceptors (Lipinski definition) is 11. The van der Waals surface area contributed by atoms with E-state index in [2.05, 4.69) is 21.4 Å². The van der Waals surface area contributed by atoms with Crippen molar-refractivity contribution in [2.24, 2.45) is 0 Å². The summed E-state index contributed by atoms with van der Waals surface area (Å²) in [5.41, 5.74) is 12.0. The van der Waals surface area contributed by atoms with E-state index in [9.17, 15) is 9.59 Å². The SMILES string of the molecule is COc1ccc(-c2csc(N)n2)cc1.COc1ccc(-c2csc(NC(=O)Cc3ccc(C#N)cc3)n2)cc1.N#Cc1ccc(CC(=O)O)cc1. The molecule has 256 valence electrons. The van der Waals surface area contributed by atoms with Crippen molar-refractivity contribution < 1.29 is 24.2 Å². The minimum Gasteiger partial charge on any atom is -0.497 e. The van der Waals surface area contributed by atoms with Gasteiger partial charge in [-0.05, 0) is 83.9 Å². The van der Waals surface area contributed by atoms with E-state index in [4.69, 9.17) is 30.8 Å². The molecule has 4 N–H and O–H groups in total. The van der Waals surface area contributed by atoms with Gasteiger partial charge >= 0.3 is 5.97 Å². The average molecular weight is 717 g/mol. The first-order chi connectivity index (χ1) is 24.7.